The summed E-state index contributed by atoms with van der Waals surface area (Å²) in [7, 11) is 0. The molecule has 0 unspecified atom stereocenters. The van der Waals surface area contributed by atoms with Crippen LogP contribution in [0.3, 0.4) is 0 Å². The SMILES string of the molecule is CCCC.C[C@H](CO)Oc1ccc(-c2ccc(CCc3ccc(O[C@@H](C)CO)cc3)cc2F)cc1. The first kappa shape index (κ1) is 28.3. The summed E-state index contributed by atoms with van der Waals surface area (Å²) in [6.07, 6.45) is 3.65. The van der Waals surface area contributed by atoms with Gasteiger partial charge in [0.15, 0.2) is 0 Å². The topological polar surface area (TPSA) is 58.9 Å². The average Bonchev–Trinajstić information content (AvgIpc) is 2.89. The number of halogens is 1. The van der Waals surface area contributed by atoms with E-state index in [1.807, 2.05) is 55.5 Å². The zero-order valence-corrected chi connectivity index (χ0v) is 21.3. The average molecular weight is 483 g/mol. The van der Waals surface area contributed by atoms with Crippen LogP contribution in [0, 0.1) is 5.82 Å². The number of hydrogen-bond donors (Lipinski definition) is 2. The van der Waals surface area contributed by atoms with Gasteiger partial charge in [-0.15, -0.1) is 0 Å². The first-order valence-corrected chi connectivity index (χ1v) is 12.4. The molecule has 0 bridgehead atoms. The summed E-state index contributed by atoms with van der Waals surface area (Å²) in [4.78, 5) is 0. The fourth-order valence-corrected chi connectivity index (χ4v) is 3.22. The van der Waals surface area contributed by atoms with Gasteiger partial charge in [-0.25, -0.2) is 4.39 Å². The Bertz CT molecular complexity index is 984. The van der Waals surface area contributed by atoms with Gasteiger partial charge in [0, 0.05) is 5.56 Å². The molecular weight excluding hydrogens is 443 g/mol. The molecule has 0 saturated heterocycles. The molecule has 0 amide bonds. The molecule has 2 N–H and O–H groups in total. The Morgan fingerprint density at radius 2 is 1.14 bits per heavy atom. The number of aliphatic hydroxyl groups is 2. The molecule has 0 saturated carbocycles. The van der Waals surface area contributed by atoms with E-state index in [1.54, 1.807) is 25.1 Å². The highest BCUT2D eigenvalue weighted by molar-refractivity contribution is 5.65. The van der Waals surface area contributed by atoms with E-state index in [9.17, 15) is 4.39 Å². The molecule has 3 rings (SSSR count). The Balaban J connectivity index is 0.00000100. The van der Waals surface area contributed by atoms with Crippen molar-refractivity contribution < 1.29 is 24.1 Å². The molecule has 0 heterocycles. The zero-order valence-electron chi connectivity index (χ0n) is 21.3. The molecule has 2 atom stereocenters. The van der Waals surface area contributed by atoms with Crippen molar-refractivity contribution in [2.45, 2.75) is 65.6 Å². The molecule has 0 fully saturated rings. The molecule has 0 radical (unpaired) electrons. The van der Waals surface area contributed by atoms with Crippen LogP contribution in [0.1, 0.15) is 51.7 Å². The summed E-state index contributed by atoms with van der Waals surface area (Å²) in [5.41, 5.74) is 3.40. The standard InChI is InChI=1S/C26H29FO4.C4H10/c1-18(16-28)30-23-10-5-20(6-11-23)3-4-21-7-14-25(26(27)15-21)22-8-12-24(13-9-22)31-19(2)17-29;1-3-4-2/h5-15,18-19,28-29H,3-4,16-17H2,1-2H3;3-4H2,1-2H3/t18-,19+;/m0./s1. The monoisotopic (exact) mass is 482 g/mol. The summed E-state index contributed by atoms with van der Waals surface area (Å²) >= 11 is 0. The van der Waals surface area contributed by atoms with Crippen molar-refractivity contribution in [1.82, 2.24) is 0 Å². The van der Waals surface area contributed by atoms with Gasteiger partial charge in [0.05, 0.1) is 13.2 Å². The molecular formula is C30H39FO4. The fourth-order valence-electron chi connectivity index (χ4n) is 3.22. The molecule has 3 aromatic rings. The molecule has 190 valence electrons. The number of aliphatic hydroxyl groups excluding tert-OH is 2. The van der Waals surface area contributed by atoms with Crippen LogP contribution in [-0.2, 0) is 12.8 Å². The van der Waals surface area contributed by atoms with Crippen molar-refractivity contribution in [3.8, 4) is 22.6 Å². The lowest BCUT2D eigenvalue weighted by molar-refractivity contribution is 0.129. The summed E-state index contributed by atoms with van der Waals surface area (Å²) < 4.78 is 25.8. The summed E-state index contributed by atoms with van der Waals surface area (Å²) in [6, 6.07) is 20.3. The maximum absolute atomic E-state index is 14.7. The molecule has 3 aromatic carbocycles. The van der Waals surface area contributed by atoms with Crippen molar-refractivity contribution in [2.75, 3.05) is 13.2 Å². The number of unbranched alkanes of at least 4 members (excludes halogenated alkanes) is 1. The molecule has 0 aliphatic rings. The van der Waals surface area contributed by atoms with Gasteiger partial charge in [-0.1, -0.05) is 63.1 Å². The van der Waals surface area contributed by atoms with E-state index in [4.69, 9.17) is 19.7 Å². The van der Waals surface area contributed by atoms with Crippen LogP contribution < -0.4 is 9.47 Å². The van der Waals surface area contributed by atoms with Crippen molar-refractivity contribution >= 4 is 0 Å². The summed E-state index contributed by atoms with van der Waals surface area (Å²) in [5.74, 6) is 1.11. The van der Waals surface area contributed by atoms with Gasteiger partial charge in [-0.2, -0.15) is 0 Å². The minimum absolute atomic E-state index is 0.0237. The second-order valence-corrected chi connectivity index (χ2v) is 8.70. The Kier molecular flexibility index (Phi) is 12.3. The van der Waals surface area contributed by atoms with E-state index in [1.165, 1.54) is 12.8 Å². The highest BCUT2D eigenvalue weighted by Gasteiger charge is 2.09. The number of aryl methyl sites for hydroxylation is 2. The van der Waals surface area contributed by atoms with Crippen LogP contribution in [0.4, 0.5) is 4.39 Å². The van der Waals surface area contributed by atoms with E-state index in [0.29, 0.717) is 11.3 Å². The van der Waals surface area contributed by atoms with Crippen LogP contribution in [0.2, 0.25) is 0 Å². The highest BCUT2D eigenvalue weighted by atomic mass is 19.1. The van der Waals surface area contributed by atoms with Crippen LogP contribution in [-0.4, -0.2) is 35.6 Å². The quantitative estimate of drug-likeness (QED) is 0.323. The third kappa shape index (κ3) is 9.71. The van der Waals surface area contributed by atoms with Gasteiger partial charge < -0.3 is 19.7 Å². The Morgan fingerprint density at radius 1 is 0.686 bits per heavy atom. The van der Waals surface area contributed by atoms with Gasteiger partial charge in [-0.3, -0.25) is 0 Å². The minimum Gasteiger partial charge on any atom is -0.488 e. The van der Waals surface area contributed by atoms with E-state index in [2.05, 4.69) is 13.8 Å². The largest absolute Gasteiger partial charge is 0.488 e. The summed E-state index contributed by atoms with van der Waals surface area (Å²) in [5, 5.41) is 18.1. The smallest absolute Gasteiger partial charge is 0.131 e. The second kappa shape index (κ2) is 15.2. The molecule has 0 aliphatic heterocycles. The number of hydrogen-bond acceptors (Lipinski definition) is 4. The van der Waals surface area contributed by atoms with Gasteiger partial charge >= 0.3 is 0 Å². The van der Waals surface area contributed by atoms with Crippen molar-refractivity contribution in [1.29, 1.82) is 0 Å². The van der Waals surface area contributed by atoms with Crippen molar-refractivity contribution in [3.05, 3.63) is 83.7 Å². The Morgan fingerprint density at radius 3 is 1.60 bits per heavy atom. The minimum atomic E-state index is -0.283. The highest BCUT2D eigenvalue weighted by Crippen LogP contribution is 2.26. The lowest BCUT2D eigenvalue weighted by atomic mass is 9.99. The van der Waals surface area contributed by atoms with E-state index >= 15 is 0 Å². The van der Waals surface area contributed by atoms with Crippen molar-refractivity contribution in [3.63, 3.8) is 0 Å². The number of rotatable bonds is 11. The van der Waals surface area contributed by atoms with Crippen LogP contribution in [0.15, 0.2) is 66.7 Å². The van der Waals surface area contributed by atoms with Crippen LogP contribution >= 0.6 is 0 Å². The van der Waals surface area contributed by atoms with Gasteiger partial charge in [-0.05, 0) is 73.7 Å². The molecule has 0 spiro atoms. The predicted octanol–water partition coefficient (Wildman–Crippen LogP) is 6.60. The third-order valence-electron chi connectivity index (χ3n) is 5.51. The van der Waals surface area contributed by atoms with Crippen LogP contribution in [0.25, 0.3) is 11.1 Å². The van der Waals surface area contributed by atoms with E-state index in [-0.39, 0.29) is 31.2 Å². The van der Waals surface area contributed by atoms with Gasteiger partial charge in [0.25, 0.3) is 0 Å². The molecule has 4 nitrogen and oxygen atoms in total. The van der Waals surface area contributed by atoms with E-state index < -0.39 is 0 Å². The second-order valence-electron chi connectivity index (χ2n) is 8.70. The Hall–Kier alpha value is -2.89. The fraction of sp³-hybridized carbons (Fsp3) is 0.400. The molecule has 5 heteroatoms. The first-order chi connectivity index (χ1) is 16.9. The normalized spacial score (nSPS) is 12.3. The lowest BCUT2D eigenvalue weighted by Gasteiger charge is -2.13. The maximum Gasteiger partial charge on any atom is 0.131 e. The third-order valence-corrected chi connectivity index (χ3v) is 5.51. The molecule has 0 aliphatic carbocycles. The zero-order chi connectivity index (χ0) is 25.6. The molecule has 0 aromatic heterocycles. The van der Waals surface area contributed by atoms with Gasteiger partial charge in [0.1, 0.15) is 29.5 Å². The van der Waals surface area contributed by atoms with Crippen molar-refractivity contribution in [2.24, 2.45) is 0 Å². The number of ether oxygens (including phenoxy) is 2. The predicted molar refractivity (Wildman–Crippen MR) is 141 cm³/mol. The van der Waals surface area contributed by atoms with Crippen LogP contribution in [0.5, 0.6) is 11.5 Å². The number of benzene rings is 3. The molecule has 35 heavy (non-hydrogen) atoms. The maximum atomic E-state index is 14.7. The summed E-state index contributed by atoms with van der Waals surface area (Å²) in [6.45, 7) is 7.88. The van der Waals surface area contributed by atoms with E-state index in [0.717, 1.165) is 35.3 Å². The Labute approximate surface area is 209 Å². The van der Waals surface area contributed by atoms with Gasteiger partial charge in [0.2, 0.25) is 0 Å². The first-order valence-electron chi connectivity index (χ1n) is 12.4. The lowest BCUT2D eigenvalue weighted by Crippen LogP contribution is -2.16.